The molecule has 2 saturated heterocycles. The van der Waals surface area contributed by atoms with Gasteiger partial charge in [0, 0.05) is 30.4 Å². The maximum atomic E-state index is 11.3. The fourth-order valence-corrected chi connectivity index (χ4v) is 3.69. The summed E-state index contributed by atoms with van der Waals surface area (Å²) in [5, 5.41) is 3.48. The Morgan fingerprint density at radius 2 is 2.09 bits per heavy atom. The van der Waals surface area contributed by atoms with Crippen molar-refractivity contribution in [3.8, 4) is 0 Å². The Morgan fingerprint density at radius 1 is 1.30 bits per heavy atom. The molecule has 6 heteroatoms. The highest BCUT2D eigenvalue weighted by Crippen LogP contribution is 2.22. The molecule has 3 N–H and O–H groups in total. The van der Waals surface area contributed by atoms with Gasteiger partial charge in [-0.3, -0.25) is 9.69 Å². The number of hydrogen-bond donors (Lipinski definition) is 2. The van der Waals surface area contributed by atoms with Crippen molar-refractivity contribution in [2.45, 2.75) is 37.8 Å². The van der Waals surface area contributed by atoms with Crippen molar-refractivity contribution < 1.29 is 4.79 Å². The Morgan fingerprint density at radius 3 is 2.83 bits per heavy atom. The molecule has 0 aromatic carbocycles. The standard InChI is InChI=1S/C17H27N5O/c1-21-9-5-15(6-10-21)22-8-2-3-14(12-22)20-16-11-13(17(18)23)4-7-19-16/h4,7,11,14-15H,2-3,5-6,8-10,12H2,1H3,(H2,18,23)(H,19,20). The van der Waals surface area contributed by atoms with Crippen LogP contribution < -0.4 is 11.1 Å². The number of carbonyl (C=O) groups excluding carboxylic acids is 1. The number of anilines is 1. The van der Waals surface area contributed by atoms with Gasteiger partial charge in [-0.15, -0.1) is 0 Å². The number of rotatable bonds is 4. The van der Waals surface area contributed by atoms with E-state index in [4.69, 9.17) is 5.73 Å². The van der Waals surface area contributed by atoms with Crippen LogP contribution in [0.25, 0.3) is 0 Å². The molecule has 1 atom stereocenters. The van der Waals surface area contributed by atoms with Gasteiger partial charge in [0.25, 0.3) is 0 Å². The van der Waals surface area contributed by atoms with Crippen LogP contribution in [0.4, 0.5) is 5.82 Å². The number of aromatic nitrogens is 1. The number of nitrogens with one attached hydrogen (secondary N) is 1. The minimum Gasteiger partial charge on any atom is -0.366 e. The number of pyridine rings is 1. The number of carbonyl (C=O) groups is 1. The summed E-state index contributed by atoms with van der Waals surface area (Å²) in [6.45, 7) is 4.64. The maximum absolute atomic E-state index is 11.3. The monoisotopic (exact) mass is 317 g/mol. The number of primary amides is 1. The first kappa shape index (κ1) is 16.2. The molecule has 0 saturated carbocycles. The third-order valence-corrected chi connectivity index (χ3v) is 5.05. The average Bonchev–Trinajstić information content (AvgIpc) is 2.56. The summed E-state index contributed by atoms with van der Waals surface area (Å²) in [7, 11) is 2.20. The van der Waals surface area contributed by atoms with Crippen molar-refractivity contribution in [1.82, 2.24) is 14.8 Å². The Labute approximate surface area is 138 Å². The second-order valence-corrected chi connectivity index (χ2v) is 6.81. The van der Waals surface area contributed by atoms with Gasteiger partial charge in [0.1, 0.15) is 5.82 Å². The van der Waals surface area contributed by atoms with E-state index >= 15 is 0 Å². The van der Waals surface area contributed by atoms with Crippen LogP contribution in [0, 0.1) is 0 Å². The minimum atomic E-state index is -0.410. The van der Waals surface area contributed by atoms with Gasteiger partial charge >= 0.3 is 0 Å². The molecule has 6 nitrogen and oxygen atoms in total. The van der Waals surface area contributed by atoms with E-state index in [1.165, 1.54) is 38.9 Å². The van der Waals surface area contributed by atoms with Gasteiger partial charge in [0.2, 0.25) is 5.91 Å². The largest absolute Gasteiger partial charge is 0.366 e. The zero-order valence-electron chi connectivity index (χ0n) is 13.9. The van der Waals surface area contributed by atoms with E-state index in [0.29, 0.717) is 17.6 Å². The molecule has 126 valence electrons. The molecule has 23 heavy (non-hydrogen) atoms. The molecular weight excluding hydrogens is 290 g/mol. The first-order chi connectivity index (χ1) is 11.1. The molecule has 2 fully saturated rings. The van der Waals surface area contributed by atoms with Crippen LogP contribution in [0.3, 0.4) is 0 Å². The first-order valence-electron chi connectivity index (χ1n) is 8.57. The summed E-state index contributed by atoms with van der Waals surface area (Å²) >= 11 is 0. The van der Waals surface area contributed by atoms with E-state index in [2.05, 4.69) is 27.1 Å². The summed E-state index contributed by atoms with van der Waals surface area (Å²) in [5.41, 5.74) is 5.84. The summed E-state index contributed by atoms with van der Waals surface area (Å²) in [4.78, 5) is 20.6. The molecule has 2 aliphatic heterocycles. The Balaban J connectivity index is 1.58. The van der Waals surface area contributed by atoms with Crippen LogP contribution in [-0.2, 0) is 0 Å². The third kappa shape index (κ3) is 4.20. The second-order valence-electron chi connectivity index (χ2n) is 6.81. The Kier molecular flexibility index (Phi) is 5.13. The lowest BCUT2D eigenvalue weighted by atomic mass is 9.98. The minimum absolute atomic E-state index is 0.388. The summed E-state index contributed by atoms with van der Waals surface area (Å²) < 4.78 is 0. The van der Waals surface area contributed by atoms with E-state index in [1.807, 2.05) is 0 Å². The normalized spacial score (nSPS) is 24.5. The van der Waals surface area contributed by atoms with Gasteiger partial charge in [-0.1, -0.05) is 0 Å². The van der Waals surface area contributed by atoms with Gasteiger partial charge in [-0.25, -0.2) is 4.98 Å². The highest BCUT2D eigenvalue weighted by molar-refractivity contribution is 5.93. The maximum Gasteiger partial charge on any atom is 0.248 e. The van der Waals surface area contributed by atoms with E-state index in [9.17, 15) is 4.79 Å². The quantitative estimate of drug-likeness (QED) is 0.871. The first-order valence-corrected chi connectivity index (χ1v) is 8.57. The van der Waals surface area contributed by atoms with Crippen molar-refractivity contribution in [1.29, 1.82) is 0 Å². The molecule has 1 aromatic heterocycles. The van der Waals surface area contributed by atoms with E-state index in [-0.39, 0.29) is 0 Å². The molecule has 0 radical (unpaired) electrons. The van der Waals surface area contributed by atoms with Crippen LogP contribution in [0.2, 0.25) is 0 Å². The zero-order valence-corrected chi connectivity index (χ0v) is 13.9. The molecule has 0 bridgehead atoms. The van der Waals surface area contributed by atoms with E-state index < -0.39 is 5.91 Å². The van der Waals surface area contributed by atoms with E-state index in [1.54, 1.807) is 18.3 Å². The topological polar surface area (TPSA) is 74.5 Å². The highest BCUT2D eigenvalue weighted by Gasteiger charge is 2.28. The van der Waals surface area contributed by atoms with Gasteiger partial charge in [0.15, 0.2) is 0 Å². The van der Waals surface area contributed by atoms with Crippen molar-refractivity contribution in [2.75, 3.05) is 38.5 Å². The molecule has 1 amide bonds. The molecule has 3 rings (SSSR count). The molecule has 3 heterocycles. The van der Waals surface area contributed by atoms with Crippen LogP contribution in [0.5, 0.6) is 0 Å². The lowest BCUT2D eigenvalue weighted by molar-refractivity contribution is 0.0978. The molecule has 2 aliphatic rings. The van der Waals surface area contributed by atoms with Crippen LogP contribution in [0.15, 0.2) is 18.3 Å². The van der Waals surface area contributed by atoms with Gasteiger partial charge in [-0.05, 0) is 64.5 Å². The van der Waals surface area contributed by atoms with Crippen molar-refractivity contribution in [2.24, 2.45) is 5.73 Å². The lowest BCUT2D eigenvalue weighted by Gasteiger charge is -2.41. The third-order valence-electron chi connectivity index (χ3n) is 5.05. The smallest absolute Gasteiger partial charge is 0.248 e. The molecule has 0 aliphatic carbocycles. The molecule has 1 aromatic rings. The number of amides is 1. The summed E-state index contributed by atoms with van der Waals surface area (Å²) in [6, 6.07) is 4.50. The highest BCUT2D eigenvalue weighted by atomic mass is 16.1. The Hall–Kier alpha value is -1.66. The molecular formula is C17H27N5O. The second kappa shape index (κ2) is 7.27. The van der Waals surface area contributed by atoms with Gasteiger partial charge in [0.05, 0.1) is 0 Å². The number of piperidine rings is 2. The van der Waals surface area contributed by atoms with Crippen molar-refractivity contribution >= 4 is 11.7 Å². The lowest BCUT2D eigenvalue weighted by Crippen LogP contribution is -2.50. The average molecular weight is 317 g/mol. The van der Waals surface area contributed by atoms with E-state index in [0.717, 1.165) is 18.8 Å². The SMILES string of the molecule is CN1CCC(N2CCCC(Nc3cc(C(N)=O)ccn3)C2)CC1. The predicted octanol–water partition coefficient (Wildman–Crippen LogP) is 1.15. The predicted molar refractivity (Wildman–Crippen MR) is 91.5 cm³/mol. The van der Waals surface area contributed by atoms with Crippen LogP contribution >= 0.6 is 0 Å². The van der Waals surface area contributed by atoms with Crippen LogP contribution in [-0.4, -0.2) is 66.0 Å². The molecule has 0 spiro atoms. The zero-order chi connectivity index (χ0) is 16.2. The summed E-state index contributed by atoms with van der Waals surface area (Å²) in [6.07, 6.45) is 6.52. The number of hydrogen-bond acceptors (Lipinski definition) is 5. The number of nitrogens with two attached hydrogens (primary N) is 1. The number of nitrogens with zero attached hydrogens (tertiary/aromatic N) is 3. The van der Waals surface area contributed by atoms with Gasteiger partial charge in [-0.2, -0.15) is 0 Å². The molecule has 1 unspecified atom stereocenters. The number of likely N-dealkylation sites (tertiary alicyclic amines) is 2. The fourth-order valence-electron chi connectivity index (χ4n) is 3.69. The van der Waals surface area contributed by atoms with Gasteiger partial charge < -0.3 is 16.0 Å². The van der Waals surface area contributed by atoms with Crippen molar-refractivity contribution in [3.05, 3.63) is 23.9 Å². The van der Waals surface area contributed by atoms with Crippen LogP contribution in [0.1, 0.15) is 36.0 Å². The summed E-state index contributed by atoms with van der Waals surface area (Å²) in [5.74, 6) is 0.337. The fraction of sp³-hybridized carbons (Fsp3) is 0.647. The van der Waals surface area contributed by atoms with Crippen molar-refractivity contribution in [3.63, 3.8) is 0 Å². The Bertz CT molecular complexity index is 542.